The number of alkyl halides is 6. The van der Waals surface area contributed by atoms with Gasteiger partial charge in [0.05, 0.1) is 29.3 Å². The smallest absolute Gasteiger partial charge is 0.399 e. The van der Waals surface area contributed by atoms with Gasteiger partial charge in [0.1, 0.15) is 0 Å². The molecular formula is C35H40ClF6N5O. The Hall–Kier alpha value is -4.73. The number of hydrogen-bond donors (Lipinski definition) is 4. The maximum absolute atomic E-state index is 12.9. The standard InChI is InChI=1S/C16H16F3N3.C9H6F3N.C8H11N.C2H6O.ClH/c1-10-7-11(2)9-12(8-10)21-15(20)22-14-6-4-3-5-13(14)16(17,18)19;10-9(11,12)8-4-2-1-3-7(8)5-6-13;1-6-3-4-8(9)7(2)5-6;1-2-3;/h3-9H,1-2H3,(H3,20,21,22);1-4H,5H2;3-5H,9H2,1-2H3;3H,2H2,1H3;1H. The maximum Gasteiger partial charge on any atom is 0.418 e. The molecule has 0 aliphatic rings. The second kappa shape index (κ2) is 20.5. The van der Waals surface area contributed by atoms with Gasteiger partial charge in [-0.3, -0.25) is 0 Å². The van der Waals surface area contributed by atoms with E-state index in [4.69, 9.17) is 21.8 Å². The number of hydrogen-bond acceptors (Lipinski definition) is 4. The third-order valence-electron chi connectivity index (χ3n) is 5.96. The predicted molar refractivity (Wildman–Crippen MR) is 183 cm³/mol. The molecule has 0 heterocycles. The molecule has 6 N–H and O–H groups in total. The van der Waals surface area contributed by atoms with Gasteiger partial charge in [0.15, 0.2) is 5.96 Å². The van der Waals surface area contributed by atoms with Gasteiger partial charge < -0.3 is 21.9 Å². The number of anilines is 2. The lowest BCUT2D eigenvalue weighted by atomic mass is 10.1. The number of nitrogen functional groups attached to an aromatic ring is 1. The van der Waals surface area contributed by atoms with Crippen LogP contribution in [0.3, 0.4) is 0 Å². The van der Waals surface area contributed by atoms with Crippen molar-refractivity contribution in [1.82, 2.24) is 0 Å². The summed E-state index contributed by atoms with van der Waals surface area (Å²) in [5.41, 5.74) is 15.6. The van der Waals surface area contributed by atoms with Crippen LogP contribution in [0.2, 0.25) is 0 Å². The van der Waals surface area contributed by atoms with Gasteiger partial charge in [-0.1, -0.05) is 54.1 Å². The summed E-state index contributed by atoms with van der Waals surface area (Å²) in [6, 6.07) is 23.5. The lowest BCUT2D eigenvalue weighted by Crippen LogP contribution is -2.22. The Bertz CT molecular complexity index is 1630. The van der Waals surface area contributed by atoms with Crippen molar-refractivity contribution >= 4 is 35.4 Å². The zero-order valence-electron chi connectivity index (χ0n) is 27.2. The number of para-hydroxylation sites is 1. The summed E-state index contributed by atoms with van der Waals surface area (Å²) in [5, 5.41) is 18.7. The molecule has 260 valence electrons. The van der Waals surface area contributed by atoms with E-state index in [9.17, 15) is 26.3 Å². The number of benzene rings is 4. The highest BCUT2D eigenvalue weighted by Gasteiger charge is 2.33. The van der Waals surface area contributed by atoms with E-state index >= 15 is 0 Å². The molecule has 13 heteroatoms. The number of nitrogens with one attached hydrogen (secondary N) is 1. The van der Waals surface area contributed by atoms with Crippen LogP contribution in [0.4, 0.5) is 43.4 Å². The largest absolute Gasteiger partial charge is 0.418 e. The molecule has 4 aromatic rings. The maximum atomic E-state index is 12.9. The summed E-state index contributed by atoms with van der Waals surface area (Å²) in [6.07, 6.45) is -9.05. The first kappa shape index (κ1) is 43.3. The fraction of sp³-hybridized carbons (Fsp3) is 0.257. The molecule has 0 amide bonds. The van der Waals surface area contributed by atoms with Crippen LogP contribution in [0.5, 0.6) is 0 Å². The summed E-state index contributed by atoms with van der Waals surface area (Å²) in [7, 11) is 0. The third kappa shape index (κ3) is 15.7. The van der Waals surface area contributed by atoms with Crippen LogP contribution in [0.25, 0.3) is 0 Å². The number of aliphatic hydroxyl groups excluding tert-OH is 1. The number of nitriles is 1. The molecular weight excluding hydrogens is 656 g/mol. The minimum atomic E-state index is -4.47. The molecule has 48 heavy (non-hydrogen) atoms. The van der Waals surface area contributed by atoms with E-state index in [1.165, 1.54) is 42.0 Å². The number of nitrogens with zero attached hydrogens (tertiary/aromatic N) is 2. The second-order valence-electron chi connectivity index (χ2n) is 10.2. The van der Waals surface area contributed by atoms with Crippen molar-refractivity contribution in [3.63, 3.8) is 0 Å². The Kier molecular flexibility index (Phi) is 18.5. The first-order chi connectivity index (χ1) is 21.9. The van der Waals surface area contributed by atoms with Gasteiger partial charge in [-0.05, 0) is 93.3 Å². The molecule has 0 fully saturated rings. The Labute approximate surface area is 283 Å². The van der Waals surface area contributed by atoms with Crippen LogP contribution in [0.15, 0.2) is 89.9 Å². The normalized spacial score (nSPS) is 10.8. The van der Waals surface area contributed by atoms with Gasteiger partial charge in [0.2, 0.25) is 0 Å². The quantitative estimate of drug-likeness (QED) is 0.0737. The van der Waals surface area contributed by atoms with Gasteiger partial charge in [0, 0.05) is 18.0 Å². The van der Waals surface area contributed by atoms with Crippen LogP contribution in [-0.2, 0) is 18.8 Å². The zero-order chi connectivity index (χ0) is 35.8. The van der Waals surface area contributed by atoms with Crippen LogP contribution >= 0.6 is 12.4 Å². The highest BCUT2D eigenvalue weighted by molar-refractivity contribution is 5.94. The first-order valence-corrected chi connectivity index (χ1v) is 14.2. The van der Waals surface area contributed by atoms with Crippen molar-refractivity contribution in [3.05, 3.63) is 124 Å². The molecule has 0 aromatic heterocycles. The fourth-order valence-electron chi connectivity index (χ4n) is 4.03. The molecule has 6 nitrogen and oxygen atoms in total. The molecule has 0 aliphatic carbocycles. The van der Waals surface area contributed by atoms with Gasteiger partial charge in [-0.15, -0.1) is 12.4 Å². The first-order valence-electron chi connectivity index (χ1n) is 14.2. The van der Waals surface area contributed by atoms with Crippen molar-refractivity contribution in [2.45, 2.75) is 53.4 Å². The number of guanidine groups is 1. The van der Waals surface area contributed by atoms with E-state index in [-0.39, 0.29) is 42.6 Å². The van der Waals surface area contributed by atoms with Crippen LogP contribution in [-0.4, -0.2) is 17.7 Å². The lowest BCUT2D eigenvalue weighted by molar-refractivity contribution is -0.138. The monoisotopic (exact) mass is 695 g/mol. The van der Waals surface area contributed by atoms with E-state index in [2.05, 4.69) is 23.3 Å². The van der Waals surface area contributed by atoms with Crippen molar-refractivity contribution in [2.24, 2.45) is 10.7 Å². The number of halogens is 7. The van der Waals surface area contributed by atoms with Crippen LogP contribution < -0.4 is 16.8 Å². The van der Waals surface area contributed by atoms with Gasteiger partial charge in [-0.2, -0.15) is 31.6 Å². The molecule has 0 radical (unpaired) electrons. The summed E-state index contributed by atoms with van der Waals surface area (Å²) < 4.78 is 75.5. The Morgan fingerprint density at radius 3 is 1.77 bits per heavy atom. The molecule has 0 aliphatic heterocycles. The molecule has 0 atom stereocenters. The molecule has 0 spiro atoms. The average molecular weight is 696 g/mol. The summed E-state index contributed by atoms with van der Waals surface area (Å²) >= 11 is 0. The SMILES string of the molecule is CCO.Cc1cc(C)cc(NC(N)=Nc2ccccc2C(F)(F)F)c1.Cc1ccc(N)c(C)c1.Cl.N#CCc1ccccc1C(F)(F)F. The number of aliphatic imine (C=N–C) groups is 1. The summed E-state index contributed by atoms with van der Waals surface area (Å²) in [5.74, 6) is -0.0956. The molecule has 4 aromatic carbocycles. The van der Waals surface area contributed by atoms with Gasteiger partial charge in [-0.25, -0.2) is 4.99 Å². The molecule has 0 saturated carbocycles. The Balaban J connectivity index is 0.000000720. The van der Waals surface area contributed by atoms with E-state index in [0.717, 1.165) is 34.5 Å². The summed E-state index contributed by atoms with van der Waals surface area (Å²) in [4.78, 5) is 3.84. The fourth-order valence-corrected chi connectivity index (χ4v) is 4.03. The van der Waals surface area contributed by atoms with Crippen molar-refractivity contribution in [2.75, 3.05) is 17.7 Å². The van der Waals surface area contributed by atoms with Crippen LogP contribution in [0.1, 0.15) is 45.9 Å². The van der Waals surface area contributed by atoms with Crippen molar-refractivity contribution in [1.29, 1.82) is 5.26 Å². The Morgan fingerprint density at radius 2 is 1.29 bits per heavy atom. The van der Waals surface area contributed by atoms with Crippen LogP contribution in [0, 0.1) is 39.0 Å². The second-order valence-corrected chi connectivity index (χ2v) is 10.2. The average Bonchev–Trinajstić information content (AvgIpc) is 2.95. The number of nitrogens with two attached hydrogens (primary N) is 2. The van der Waals surface area contributed by atoms with Crippen molar-refractivity contribution in [3.8, 4) is 6.07 Å². The van der Waals surface area contributed by atoms with E-state index in [1.54, 1.807) is 13.0 Å². The number of aryl methyl sites for hydroxylation is 4. The third-order valence-corrected chi connectivity index (χ3v) is 5.96. The number of aliphatic hydroxyl groups is 1. The number of rotatable bonds is 3. The van der Waals surface area contributed by atoms with Crippen molar-refractivity contribution < 1.29 is 31.4 Å². The van der Waals surface area contributed by atoms with Gasteiger partial charge in [0.25, 0.3) is 0 Å². The Morgan fingerprint density at radius 1 is 0.792 bits per heavy atom. The lowest BCUT2D eigenvalue weighted by Gasteiger charge is -2.11. The topological polar surface area (TPSA) is 120 Å². The zero-order valence-corrected chi connectivity index (χ0v) is 28.0. The minimum absolute atomic E-state index is 0. The van der Waals surface area contributed by atoms with E-state index in [1.807, 2.05) is 51.1 Å². The highest BCUT2D eigenvalue weighted by Crippen LogP contribution is 2.36. The van der Waals surface area contributed by atoms with E-state index in [0.29, 0.717) is 5.69 Å². The summed E-state index contributed by atoms with van der Waals surface area (Å²) in [6.45, 7) is 9.85. The molecule has 0 saturated heterocycles. The minimum Gasteiger partial charge on any atom is -0.399 e. The molecule has 0 unspecified atom stereocenters. The predicted octanol–water partition coefficient (Wildman–Crippen LogP) is 9.46. The molecule has 0 bridgehead atoms. The van der Waals surface area contributed by atoms with E-state index < -0.39 is 23.5 Å². The molecule has 4 rings (SSSR count). The van der Waals surface area contributed by atoms with Gasteiger partial charge >= 0.3 is 12.4 Å². The highest BCUT2D eigenvalue weighted by atomic mass is 35.5.